The molecular formula is C17H25Cl2NO2. The molecular weight excluding hydrogens is 321 g/mol. The van der Waals surface area contributed by atoms with E-state index in [1.54, 1.807) is 0 Å². The minimum Gasteiger partial charge on any atom is -0.504 e. The summed E-state index contributed by atoms with van der Waals surface area (Å²) in [5, 5.41) is 12.9. The summed E-state index contributed by atoms with van der Waals surface area (Å²) in [5.74, 6) is -0.269. The minimum absolute atomic E-state index is 0.125. The van der Waals surface area contributed by atoms with E-state index in [0.29, 0.717) is 11.4 Å². The zero-order valence-corrected chi connectivity index (χ0v) is 14.6. The summed E-state index contributed by atoms with van der Waals surface area (Å²) in [4.78, 5) is 11.9. The van der Waals surface area contributed by atoms with Gasteiger partial charge >= 0.3 is 0 Å². The number of aromatic hydroxyl groups is 1. The Morgan fingerprint density at radius 3 is 2.27 bits per heavy atom. The number of benzene rings is 1. The molecule has 1 aromatic carbocycles. The standard InChI is InChI=1S/C17H25Cl2NO2/c1-2-3-4-5-6-7-8-9-10-16(21)20-15-12-13(18)11-14(19)17(15)22/h11-12,22H,2-10H2,1H3,(H,20,21). The predicted octanol–water partition coefficient (Wildman–Crippen LogP) is 6.17. The highest BCUT2D eigenvalue weighted by Gasteiger charge is 2.10. The van der Waals surface area contributed by atoms with E-state index in [-0.39, 0.29) is 22.4 Å². The maximum absolute atomic E-state index is 11.9. The van der Waals surface area contributed by atoms with E-state index in [4.69, 9.17) is 23.2 Å². The highest BCUT2D eigenvalue weighted by molar-refractivity contribution is 6.36. The van der Waals surface area contributed by atoms with Crippen LogP contribution in [-0.2, 0) is 4.79 Å². The summed E-state index contributed by atoms with van der Waals surface area (Å²) in [7, 11) is 0. The highest BCUT2D eigenvalue weighted by Crippen LogP contribution is 2.35. The lowest BCUT2D eigenvalue weighted by Gasteiger charge is -2.09. The summed E-state index contributed by atoms with van der Waals surface area (Å²) in [6.45, 7) is 2.21. The van der Waals surface area contributed by atoms with Crippen molar-refractivity contribution in [3.63, 3.8) is 0 Å². The number of anilines is 1. The average Bonchev–Trinajstić information content (AvgIpc) is 2.47. The van der Waals surface area contributed by atoms with Gasteiger partial charge in [0.15, 0.2) is 5.75 Å². The van der Waals surface area contributed by atoms with Crippen LogP contribution in [0.4, 0.5) is 5.69 Å². The number of unbranched alkanes of at least 4 members (excludes halogenated alkanes) is 7. The van der Waals surface area contributed by atoms with Gasteiger partial charge in [-0.3, -0.25) is 4.79 Å². The van der Waals surface area contributed by atoms with Crippen molar-refractivity contribution in [1.82, 2.24) is 0 Å². The third-order valence-electron chi connectivity index (χ3n) is 3.56. The molecule has 0 atom stereocenters. The second-order valence-electron chi connectivity index (χ2n) is 5.56. The lowest BCUT2D eigenvalue weighted by atomic mass is 10.1. The van der Waals surface area contributed by atoms with Gasteiger partial charge in [-0.1, -0.05) is 75.1 Å². The molecule has 22 heavy (non-hydrogen) atoms. The second kappa shape index (κ2) is 10.7. The van der Waals surface area contributed by atoms with E-state index in [1.165, 1.54) is 50.7 Å². The summed E-state index contributed by atoms with van der Waals surface area (Å²) in [6.07, 6.45) is 9.95. The molecule has 0 bridgehead atoms. The lowest BCUT2D eigenvalue weighted by molar-refractivity contribution is -0.116. The molecule has 0 aromatic heterocycles. The smallest absolute Gasteiger partial charge is 0.224 e. The Bertz CT molecular complexity index is 478. The summed E-state index contributed by atoms with van der Waals surface area (Å²) in [6, 6.07) is 2.93. The molecule has 124 valence electrons. The van der Waals surface area contributed by atoms with Gasteiger partial charge < -0.3 is 10.4 Å². The van der Waals surface area contributed by atoms with Gasteiger partial charge in [0.05, 0.1) is 10.7 Å². The first-order valence-corrected chi connectivity index (χ1v) is 8.78. The third-order valence-corrected chi connectivity index (χ3v) is 4.07. The fourth-order valence-corrected chi connectivity index (χ4v) is 2.79. The van der Waals surface area contributed by atoms with Crippen molar-refractivity contribution < 1.29 is 9.90 Å². The number of hydrogen-bond acceptors (Lipinski definition) is 2. The average molecular weight is 346 g/mol. The van der Waals surface area contributed by atoms with E-state index >= 15 is 0 Å². The van der Waals surface area contributed by atoms with Crippen molar-refractivity contribution in [3.05, 3.63) is 22.2 Å². The van der Waals surface area contributed by atoms with Crippen LogP contribution in [0.5, 0.6) is 5.75 Å². The molecule has 0 aliphatic heterocycles. The monoisotopic (exact) mass is 345 g/mol. The van der Waals surface area contributed by atoms with Crippen LogP contribution >= 0.6 is 23.2 Å². The van der Waals surface area contributed by atoms with E-state index in [2.05, 4.69) is 12.2 Å². The molecule has 0 saturated heterocycles. The van der Waals surface area contributed by atoms with Gasteiger partial charge in [-0.2, -0.15) is 0 Å². The molecule has 5 heteroatoms. The van der Waals surface area contributed by atoms with Crippen LogP contribution in [0.1, 0.15) is 64.7 Å². The maximum Gasteiger partial charge on any atom is 0.224 e. The van der Waals surface area contributed by atoms with E-state index in [1.807, 2.05) is 0 Å². The Balaban J connectivity index is 2.21. The van der Waals surface area contributed by atoms with Crippen molar-refractivity contribution in [2.45, 2.75) is 64.7 Å². The molecule has 0 fully saturated rings. The third kappa shape index (κ3) is 7.37. The quantitative estimate of drug-likeness (QED) is 0.393. The molecule has 0 radical (unpaired) electrons. The topological polar surface area (TPSA) is 49.3 Å². The summed E-state index contributed by atoms with van der Waals surface area (Å²) < 4.78 is 0. The molecule has 1 rings (SSSR count). The van der Waals surface area contributed by atoms with Crippen molar-refractivity contribution in [2.24, 2.45) is 0 Å². The van der Waals surface area contributed by atoms with Gasteiger partial charge in [0.2, 0.25) is 5.91 Å². The van der Waals surface area contributed by atoms with Gasteiger partial charge in [0.25, 0.3) is 0 Å². The number of amides is 1. The predicted molar refractivity (Wildman–Crippen MR) is 94.0 cm³/mol. The van der Waals surface area contributed by atoms with Crippen LogP contribution in [0, 0.1) is 0 Å². The van der Waals surface area contributed by atoms with Gasteiger partial charge in [-0.15, -0.1) is 0 Å². The first-order chi connectivity index (χ1) is 10.5. The minimum atomic E-state index is -0.143. The number of phenols is 1. The van der Waals surface area contributed by atoms with Crippen molar-refractivity contribution >= 4 is 34.8 Å². The van der Waals surface area contributed by atoms with Crippen LogP contribution in [0.2, 0.25) is 10.0 Å². The van der Waals surface area contributed by atoms with E-state index in [9.17, 15) is 9.90 Å². The highest BCUT2D eigenvalue weighted by atomic mass is 35.5. The zero-order valence-electron chi connectivity index (χ0n) is 13.1. The molecule has 0 heterocycles. The molecule has 2 N–H and O–H groups in total. The Hall–Kier alpha value is -0.930. The fourth-order valence-electron chi connectivity index (χ4n) is 2.29. The number of hydrogen-bond donors (Lipinski definition) is 2. The van der Waals surface area contributed by atoms with E-state index < -0.39 is 0 Å². The SMILES string of the molecule is CCCCCCCCCCC(=O)Nc1cc(Cl)cc(Cl)c1O. The Morgan fingerprint density at radius 1 is 1.05 bits per heavy atom. The van der Waals surface area contributed by atoms with Gasteiger partial charge in [0.1, 0.15) is 0 Å². The van der Waals surface area contributed by atoms with E-state index in [0.717, 1.165) is 12.8 Å². The second-order valence-corrected chi connectivity index (χ2v) is 6.40. The summed E-state index contributed by atoms with van der Waals surface area (Å²) in [5.41, 5.74) is 0.266. The Kier molecular flexibility index (Phi) is 9.33. The first kappa shape index (κ1) is 19.1. The molecule has 0 saturated carbocycles. The Morgan fingerprint density at radius 2 is 1.64 bits per heavy atom. The number of carbonyl (C=O) groups is 1. The van der Waals surface area contributed by atoms with Crippen molar-refractivity contribution in [1.29, 1.82) is 0 Å². The largest absolute Gasteiger partial charge is 0.504 e. The Labute approximate surface area is 143 Å². The molecule has 0 aliphatic rings. The molecule has 1 aromatic rings. The number of nitrogens with one attached hydrogen (secondary N) is 1. The molecule has 0 unspecified atom stereocenters. The van der Waals surface area contributed by atoms with Crippen molar-refractivity contribution in [3.8, 4) is 5.75 Å². The number of rotatable bonds is 10. The first-order valence-electron chi connectivity index (χ1n) is 8.02. The molecule has 1 amide bonds. The van der Waals surface area contributed by atoms with Crippen LogP contribution in [-0.4, -0.2) is 11.0 Å². The normalized spacial score (nSPS) is 10.7. The number of phenolic OH excluding ortho intramolecular Hbond substituents is 1. The zero-order chi connectivity index (χ0) is 16.4. The lowest BCUT2D eigenvalue weighted by Crippen LogP contribution is -2.11. The molecule has 3 nitrogen and oxygen atoms in total. The molecule has 0 spiro atoms. The van der Waals surface area contributed by atoms with Crippen LogP contribution in [0.15, 0.2) is 12.1 Å². The fraction of sp³-hybridized carbons (Fsp3) is 0.588. The van der Waals surface area contributed by atoms with Crippen LogP contribution in [0.3, 0.4) is 0 Å². The van der Waals surface area contributed by atoms with Gasteiger partial charge in [0, 0.05) is 11.4 Å². The molecule has 0 aliphatic carbocycles. The van der Waals surface area contributed by atoms with Crippen molar-refractivity contribution in [2.75, 3.05) is 5.32 Å². The van der Waals surface area contributed by atoms with Crippen LogP contribution in [0.25, 0.3) is 0 Å². The maximum atomic E-state index is 11.9. The van der Waals surface area contributed by atoms with Gasteiger partial charge in [-0.25, -0.2) is 0 Å². The number of carbonyl (C=O) groups excluding carboxylic acids is 1. The summed E-state index contributed by atoms with van der Waals surface area (Å²) >= 11 is 11.7. The van der Waals surface area contributed by atoms with Gasteiger partial charge in [-0.05, 0) is 18.6 Å². The van der Waals surface area contributed by atoms with Crippen LogP contribution < -0.4 is 5.32 Å². The number of halogens is 2.